The van der Waals surface area contributed by atoms with E-state index in [-0.39, 0.29) is 0 Å². The quantitative estimate of drug-likeness (QED) is 0.171. The van der Waals surface area contributed by atoms with E-state index in [1.165, 1.54) is 49.2 Å². The maximum Gasteiger partial charge on any atom is 0.143 e. The number of benzene rings is 10. The lowest BCUT2D eigenvalue weighted by molar-refractivity contribution is 0.672. The maximum atomic E-state index is 6.52. The van der Waals surface area contributed by atoms with Crippen LogP contribution in [-0.2, 0) is 0 Å². The van der Waals surface area contributed by atoms with E-state index >= 15 is 0 Å². The number of para-hydroxylation sites is 1. The first-order chi connectivity index (χ1) is 27.7. The number of nitrogens with zero attached hydrogens (tertiary/aromatic N) is 1. The summed E-state index contributed by atoms with van der Waals surface area (Å²) in [5, 5.41) is 9.51. The Balaban J connectivity index is 1.07. The number of fused-ring (bicyclic) bond motifs is 7. The molecule has 0 fully saturated rings. The Morgan fingerprint density at radius 2 is 0.893 bits per heavy atom. The molecular weight excluding hydrogens is 679 g/mol. The summed E-state index contributed by atoms with van der Waals surface area (Å²) >= 11 is 0. The maximum absolute atomic E-state index is 6.52. The summed E-state index contributed by atoms with van der Waals surface area (Å²) in [4.78, 5) is 2.40. The Bertz CT molecular complexity index is 3260. The van der Waals surface area contributed by atoms with E-state index < -0.39 is 0 Å². The lowest BCUT2D eigenvalue weighted by atomic mass is 9.97. The first-order valence-electron chi connectivity index (χ1n) is 19.2. The average molecular weight is 714 g/mol. The van der Waals surface area contributed by atoms with Crippen LogP contribution in [0.25, 0.3) is 87.6 Å². The molecule has 0 amide bonds. The summed E-state index contributed by atoms with van der Waals surface area (Å²) in [6.07, 6.45) is 0. The zero-order valence-corrected chi connectivity index (χ0v) is 30.6. The molecule has 262 valence electrons. The third-order valence-electron chi connectivity index (χ3n) is 11.2. The third kappa shape index (κ3) is 5.51. The van der Waals surface area contributed by atoms with Gasteiger partial charge in [-0.2, -0.15) is 0 Å². The Hall–Kier alpha value is -7.42. The molecule has 2 heteroatoms. The molecule has 0 atom stereocenters. The molecule has 0 spiro atoms. The molecule has 0 bridgehead atoms. The van der Waals surface area contributed by atoms with Crippen LogP contribution >= 0.6 is 0 Å². The van der Waals surface area contributed by atoms with E-state index in [1.54, 1.807) is 0 Å². The normalized spacial score (nSPS) is 11.6. The standard InChI is InChI=1S/C54H35NO/c1-3-13-40-32-43(22-20-36(40)10-1)38-24-28-46(29-25-38)55(47-16-9-15-42(34-47)44-23-21-37-11-2-4-14-41(37)33-44)52-19-8-7-17-48(52)45-27-31-53-51(35-45)50-30-26-39-12-5-6-18-49(39)54(50)56-53/h1-35H. The van der Waals surface area contributed by atoms with Crippen molar-refractivity contribution < 1.29 is 4.42 Å². The zero-order chi connectivity index (χ0) is 37.0. The van der Waals surface area contributed by atoms with E-state index in [9.17, 15) is 0 Å². The van der Waals surface area contributed by atoms with Gasteiger partial charge in [-0.1, -0.05) is 152 Å². The Kier molecular flexibility index (Phi) is 7.53. The summed E-state index contributed by atoms with van der Waals surface area (Å²) < 4.78 is 6.52. The summed E-state index contributed by atoms with van der Waals surface area (Å²) in [6.45, 7) is 0. The zero-order valence-electron chi connectivity index (χ0n) is 30.6. The van der Waals surface area contributed by atoms with Crippen LogP contribution in [0.2, 0.25) is 0 Å². The van der Waals surface area contributed by atoms with E-state index in [2.05, 4.69) is 217 Å². The molecule has 0 unspecified atom stereocenters. The van der Waals surface area contributed by atoms with Crippen LogP contribution in [0, 0.1) is 0 Å². The molecule has 1 heterocycles. The Labute approximate surface area is 325 Å². The number of hydrogen-bond donors (Lipinski definition) is 0. The molecule has 0 aliphatic rings. The van der Waals surface area contributed by atoms with Gasteiger partial charge in [0, 0.05) is 33.1 Å². The first-order valence-corrected chi connectivity index (χ1v) is 19.2. The van der Waals surface area contributed by atoms with Crippen molar-refractivity contribution >= 4 is 71.3 Å². The number of furan rings is 1. The molecule has 56 heavy (non-hydrogen) atoms. The topological polar surface area (TPSA) is 16.4 Å². The number of hydrogen-bond acceptors (Lipinski definition) is 2. The minimum atomic E-state index is 0.891. The van der Waals surface area contributed by atoms with Crippen molar-refractivity contribution in [2.24, 2.45) is 0 Å². The van der Waals surface area contributed by atoms with Crippen molar-refractivity contribution in [3.63, 3.8) is 0 Å². The molecule has 0 saturated heterocycles. The van der Waals surface area contributed by atoms with E-state index in [0.29, 0.717) is 0 Å². The largest absolute Gasteiger partial charge is 0.455 e. The van der Waals surface area contributed by atoms with Gasteiger partial charge in [0.2, 0.25) is 0 Å². The fraction of sp³-hybridized carbons (Fsp3) is 0. The summed E-state index contributed by atoms with van der Waals surface area (Å²) in [6, 6.07) is 76.6. The second kappa shape index (κ2) is 13.2. The van der Waals surface area contributed by atoms with Gasteiger partial charge in [0.1, 0.15) is 11.2 Å². The third-order valence-corrected chi connectivity index (χ3v) is 11.2. The molecule has 0 aliphatic heterocycles. The van der Waals surface area contributed by atoms with Crippen LogP contribution < -0.4 is 4.90 Å². The highest BCUT2D eigenvalue weighted by molar-refractivity contribution is 6.15. The predicted molar refractivity (Wildman–Crippen MR) is 237 cm³/mol. The van der Waals surface area contributed by atoms with E-state index in [1.807, 2.05) is 0 Å². The fourth-order valence-corrected chi connectivity index (χ4v) is 8.38. The van der Waals surface area contributed by atoms with Gasteiger partial charge in [0.15, 0.2) is 0 Å². The van der Waals surface area contributed by atoms with Gasteiger partial charge in [-0.15, -0.1) is 0 Å². The van der Waals surface area contributed by atoms with E-state index in [4.69, 9.17) is 4.42 Å². The lowest BCUT2D eigenvalue weighted by Gasteiger charge is -2.28. The molecule has 11 rings (SSSR count). The van der Waals surface area contributed by atoms with Crippen molar-refractivity contribution in [3.8, 4) is 33.4 Å². The van der Waals surface area contributed by atoms with Crippen molar-refractivity contribution in [2.45, 2.75) is 0 Å². The van der Waals surface area contributed by atoms with Gasteiger partial charge >= 0.3 is 0 Å². The van der Waals surface area contributed by atoms with Gasteiger partial charge in [0.05, 0.1) is 5.69 Å². The summed E-state index contributed by atoms with van der Waals surface area (Å²) in [7, 11) is 0. The van der Waals surface area contributed by atoms with Gasteiger partial charge in [-0.25, -0.2) is 0 Å². The van der Waals surface area contributed by atoms with Crippen LogP contribution in [0.1, 0.15) is 0 Å². The second-order valence-corrected chi connectivity index (χ2v) is 14.6. The van der Waals surface area contributed by atoms with Crippen LogP contribution in [-0.4, -0.2) is 0 Å². The monoisotopic (exact) mass is 713 g/mol. The molecule has 1 aromatic heterocycles. The van der Waals surface area contributed by atoms with Crippen LogP contribution in [0.15, 0.2) is 217 Å². The number of anilines is 3. The van der Waals surface area contributed by atoms with Gasteiger partial charge in [0.25, 0.3) is 0 Å². The molecule has 11 aromatic rings. The molecular formula is C54H35NO. The smallest absolute Gasteiger partial charge is 0.143 e. The molecule has 10 aromatic carbocycles. The first kappa shape index (κ1) is 32.0. The summed E-state index contributed by atoms with van der Waals surface area (Å²) in [5.74, 6) is 0. The van der Waals surface area contributed by atoms with Crippen molar-refractivity contribution in [2.75, 3.05) is 4.90 Å². The summed E-state index contributed by atoms with van der Waals surface area (Å²) in [5.41, 5.74) is 12.1. The van der Waals surface area contributed by atoms with Crippen molar-refractivity contribution in [1.29, 1.82) is 0 Å². The van der Waals surface area contributed by atoms with Gasteiger partial charge in [-0.3, -0.25) is 0 Å². The molecule has 0 radical (unpaired) electrons. The highest BCUT2D eigenvalue weighted by Crippen LogP contribution is 2.44. The second-order valence-electron chi connectivity index (χ2n) is 14.6. The Morgan fingerprint density at radius 1 is 0.304 bits per heavy atom. The van der Waals surface area contributed by atoms with Crippen molar-refractivity contribution in [1.82, 2.24) is 0 Å². The van der Waals surface area contributed by atoms with Gasteiger partial charge < -0.3 is 9.32 Å². The molecule has 0 N–H and O–H groups in total. The lowest BCUT2D eigenvalue weighted by Crippen LogP contribution is -2.11. The minimum absolute atomic E-state index is 0.891. The number of rotatable bonds is 6. The average Bonchev–Trinajstić information content (AvgIpc) is 3.65. The Morgan fingerprint density at radius 3 is 1.66 bits per heavy atom. The van der Waals surface area contributed by atoms with Gasteiger partial charge in [-0.05, 0) is 115 Å². The highest BCUT2D eigenvalue weighted by atomic mass is 16.3. The van der Waals surface area contributed by atoms with Crippen LogP contribution in [0.5, 0.6) is 0 Å². The highest BCUT2D eigenvalue weighted by Gasteiger charge is 2.19. The predicted octanol–water partition coefficient (Wildman–Crippen LogP) is 15.5. The molecule has 0 aliphatic carbocycles. The van der Waals surface area contributed by atoms with Crippen LogP contribution in [0.4, 0.5) is 17.1 Å². The van der Waals surface area contributed by atoms with Crippen LogP contribution in [0.3, 0.4) is 0 Å². The molecule has 2 nitrogen and oxygen atoms in total. The molecule has 0 saturated carbocycles. The fourth-order valence-electron chi connectivity index (χ4n) is 8.38. The minimum Gasteiger partial charge on any atom is -0.455 e. The van der Waals surface area contributed by atoms with E-state index in [0.717, 1.165) is 55.5 Å². The van der Waals surface area contributed by atoms with Crippen molar-refractivity contribution in [3.05, 3.63) is 212 Å². The SMILES string of the molecule is c1cc(-c2ccc3ccccc3c2)cc(N(c2ccc(-c3ccc4ccccc4c3)cc2)c2ccccc2-c2ccc3oc4c5ccccc5ccc4c3c2)c1.